The molecule has 2 aromatic carbocycles. The monoisotopic (exact) mass is 410 g/mol. The highest BCUT2D eigenvalue weighted by molar-refractivity contribution is 7.91. The van der Waals surface area contributed by atoms with Gasteiger partial charge in [-0.2, -0.15) is 0 Å². The van der Waals surface area contributed by atoms with E-state index in [9.17, 15) is 31.1 Å². The highest BCUT2D eigenvalue weighted by atomic mass is 35.5. The first-order valence-electron chi connectivity index (χ1n) is 7.19. The summed E-state index contributed by atoms with van der Waals surface area (Å²) in [6, 6.07) is 3.30. The molecule has 0 amide bonds. The number of aliphatic hydroxyl groups excluding tert-OH is 1. The summed E-state index contributed by atoms with van der Waals surface area (Å²) in [7, 11) is -4.51. The molecule has 0 heterocycles. The zero-order valence-corrected chi connectivity index (χ0v) is 14.4. The SMILES string of the molecule is O=S(=O)(CF)c1ccc(Oc2cc(F)cc(Cl)c2)c2c1[C@H](O)C(F)(F)C2. The van der Waals surface area contributed by atoms with Gasteiger partial charge in [-0.05, 0) is 24.3 Å². The summed E-state index contributed by atoms with van der Waals surface area (Å²) in [5, 5.41) is 9.85. The van der Waals surface area contributed by atoms with Gasteiger partial charge >= 0.3 is 0 Å². The summed E-state index contributed by atoms with van der Waals surface area (Å²) in [5.41, 5.74) is -0.912. The van der Waals surface area contributed by atoms with Crippen molar-refractivity contribution in [3.63, 3.8) is 0 Å². The molecule has 26 heavy (non-hydrogen) atoms. The lowest BCUT2D eigenvalue weighted by molar-refractivity contribution is -0.0976. The Bertz CT molecular complexity index is 958. The van der Waals surface area contributed by atoms with Crippen LogP contribution in [0.3, 0.4) is 0 Å². The molecule has 10 heteroatoms. The minimum Gasteiger partial charge on any atom is -0.457 e. The maximum Gasteiger partial charge on any atom is 0.281 e. The van der Waals surface area contributed by atoms with Gasteiger partial charge in [0.25, 0.3) is 5.92 Å². The average Bonchev–Trinajstić information content (AvgIpc) is 2.77. The highest BCUT2D eigenvalue weighted by Crippen LogP contribution is 2.49. The normalized spacial score (nSPS) is 18.6. The number of benzene rings is 2. The molecule has 1 atom stereocenters. The van der Waals surface area contributed by atoms with Crippen molar-refractivity contribution in [1.29, 1.82) is 0 Å². The Labute approximate surface area is 150 Å². The van der Waals surface area contributed by atoms with Gasteiger partial charge in [0, 0.05) is 28.6 Å². The minimum atomic E-state index is -4.51. The van der Waals surface area contributed by atoms with Gasteiger partial charge in [0.1, 0.15) is 23.4 Å². The Hall–Kier alpha value is -1.84. The molecule has 0 spiro atoms. The van der Waals surface area contributed by atoms with Crippen molar-refractivity contribution in [2.45, 2.75) is 23.3 Å². The van der Waals surface area contributed by atoms with E-state index in [1.54, 1.807) is 0 Å². The molecule has 1 aliphatic rings. The van der Waals surface area contributed by atoms with Gasteiger partial charge < -0.3 is 9.84 Å². The van der Waals surface area contributed by atoms with Crippen molar-refractivity contribution in [1.82, 2.24) is 0 Å². The first kappa shape index (κ1) is 18.9. The molecular formula is C16H11ClF4O4S. The van der Waals surface area contributed by atoms with E-state index in [-0.39, 0.29) is 22.1 Å². The number of alkyl halides is 3. The summed E-state index contributed by atoms with van der Waals surface area (Å²) < 4.78 is 83.2. The molecule has 3 rings (SSSR count). The molecule has 4 nitrogen and oxygen atoms in total. The van der Waals surface area contributed by atoms with Crippen molar-refractivity contribution < 1.29 is 35.8 Å². The van der Waals surface area contributed by atoms with Crippen molar-refractivity contribution >= 4 is 21.4 Å². The van der Waals surface area contributed by atoms with Crippen LogP contribution in [-0.2, 0) is 16.3 Å². The van der Waals surface area contributed by atoms with E-state index in [1.807, 2.05) is 0 Å². The van der Waals surface area contributed by atoms with Crippen LogP contribution in [0.25, 0.3) is 0 Å². The summed E-state index contributed by atoms with van der Waals surface area (Å²) in [5.74, 6) is -4.72. The third-order valence-corrected chi connectivity index (χ3v) is 5.43. The third kappa shape index (κ3) is 3.26. The van der Waals surface area contributed by atoms with Crippen molar-refractivity contribution in [3.05, 3.63) is 52.3 Å². The molecule has 0 aromatic heterocycles. The molecular weight excluding hydrogens is 400 g/mol. The zero-order chi connectivity index (χ0) is 19.3. The largest absolute Gasteiger partial charge is 0.457 e. The second kappa shape index (κ2) is 6.40. The van der Waals surface area contributed by atoms with Crippen LogP contribution in [0, 0.1) is 5.82 Å². The quantitative estimate of drug-likeness (QED) is 0.767. The molecule has 0 unspecified atom stereocenters. The lowest BCUT2D eigenvalue weighted by Gasteiger charge is -2.16. The van der Waals surface area contributed by atoms with E-state index in [4.69, 9.17) is 16.3 Å². The van der Waals surface area contributed by atoms with E-state index >= 15 is 0 Å². The molecule has 0 bridgehead atoms. The molecule has 0 saturated heterocycles. The number of ether oxygens (including phenoxy) is 1. The Balaban J connectivity index is 2.15. The first-order chi connectivity index (χ1) is 12.0. The average molecular weight is 411 g/mol. The smallest absolute Gasteiger partial charge is 0.281 e. The van der Waals surface area contributed by atoms with E-state index < -0.39 is 50.6 Å². The first-order valence-corrected chi connectivity index (χ1v) is 9.22. The summed E-state index contributed by atoms with van der Waals surface area (Å²) in [6.45, 7) is 0. The second-order valence-corrected chi connectivity index (χ2v) is 8.05. The van der Waals surface area contributed by atoms with Crippen LogP contribution in [0.2, 0.25) is 5.02 Å². The Morgan fingerprint density at radius 3 is 2.58 bits per heavy atom. The van der Waals surface area contributed by atoms with Crippen molar-refractivity contribution in [3.8, 4) is 11.5 Å². The van der Waals surface area contributed by atoms with Gasteiger partial charge in [0.05, 0.1) is 4.90 Å². The minimum absolute atomic E-state index is 0.00126. The number of aliphatic hydroxyl groups is 1. The Morgan fingerprint density at radius 2 is 1.96 bits per heavy atom. The number of fused-ring (bicyclic) bond motifs is 1. The van der Waals surface area contributed by atoms with Crippen molar-refractivity contribution in [2.24, 2.45) is 0 Å². The van der Waals surface area contributed by atoms with E-state index in [0.717, 1.165) is 24.3 Å². The van der Waals surface area contributed by atoms with Gasteiger partial charge in [0.15, 0.2) is 6.01 Å². The maximum absolute atomic E-state index is 14.0. The van der Waals surface area contributed by atoms with Crippen LogP contribution >= 0.6 is 11.6 Å². The molecule has 0 fully saturated rings. The molecule has 1 aliphatic carbocycles. The zero-order valence-electron chi connectivity index (χ0n) is 12.8. The van der Waals surface area contributed by atoms with Crippen LogP contribution in [0.15, 0.2) is 35.2 Å². The van der Waals surface area contributed by atoms with Gasteiger partial charge in [-0.15, -0.1) is 0 Å². The van der Waals surface area contributed by atoms with Gasteiger partial charge in [-0.25, -0.2) is 26.0 Å². The van der Waals surface area contributed by atoms with E-state index in [2.05, 4.69) is 0 Å². The van der Waals surface area contributed by atoms with Gasteiger partial charge in [0.2, 0.25) is 9.84 Å². The summed E-state index contributed by atoms with van der Waals surface area (Å²) in [4.78, 5) is -0.732. The fourth-order valence-corrected chi connectivity index (χ4v) is 3.96. The van der Waals surface area contributed by atoms with Crippen LogP contribution < -0.4 is 4.74 Å². The molecule has 0 aliphatic heterocycles. The van der Waals surface area contributed by atoms with E-state index in [0.29, 0.717) is 0 Å². The highest BCUT2D eigenvalue weighted by Gasteiger charge is 2.50. The third-order valence-electron chi connectivity index (χ3n) is 3.90. The number of rotatable bonds is 4. The number of halogens is 5. The van der Waals surface area contributed by atoms with Crippen LogP contribution in [0.5, 0.6) is 11.5 Å². The molecule has 0 radical (unpaired) electrons. The standard InChI is InChI=1S/C16H11ClF4O4S/c17-8-3-9(19)5-10(4-8)25-12-1-2-13(26(23,24)7-18)14-11(12)6-16(20,21)15(14)22/h1-5,15,22H,6-7H2/t15-/m0/s1. The molecule has 2 aromatic rings. The number of hydrogen-bond donors (Lipinski definition) is 1. The Morgan fingerprint density at radius 1 is 1.27 bits per heavy atom. The van der Waals surface area contributed by atoms with Crippen LogP contribution in [0.4, 0.5) is 17.6 Å². The lowest BCUT2D eigenvalue weighted by atomic mass is 10.1. The predicted molar refractivity (Wildman–Crippen MR) is 84.7 cm³/mol. The topological polar surface area (TPSA) is 63.6 Å². The molecule has 0 saturated carbocycles. The van der Waals surface area contributed by atoms with Crippen molar-refractivity contribution in [2.75, 3.05) is 6.01 Å². The number of sulfone groups is 1. The summed E-state index contributed by atoms with van der Waals surface area (Å²) >= 11 is 5.70. The fourth-order valence-electron chi connectivity index (χ4n) is 2.79. The van der Waals surface area contributed by atoms with Crippen LogP contribution in [0.1, 0.15) is 17.2 Å². The fraction of sp³-hybridized carbons (Fsp3) is 0.250. The Kier molecular flexibility index (Phi) is 4.66. The predicted octanol–water partition coefficient (Wildman–Crippen LogP) is 4.20. The lowest BCUT2D eigenvalue weighted by Crippen LogP contribution is -2.22. The second-order valence-electron chi connectivity index (χ2n) is 5.73. The summed E-state index contributed by atoms with van der Waals surface area (Å²) in [6.07, 6.45) is -3.45. The van der Waals surface area contributed by atoms with Gasteiger partial charge in [-0.3, -0.25) is 0 Å². The van der Waals surface area contributed by atoms with Gasteiger partial charge in [-0.1, -0.05) is 11.6 Å². The molecule has 140 valence electrons. The maximum atomic E-state index is 14.0. The van der Waals surface area contributed by atoms with Crippen LogP contribution in [-0.4, -0.2) is 25.5 Å². The van der Waals surface area contributed by atoms with E-state index in [1.165, 1.54) is 6.07 Å². The molecule has 1 N–H and O–H groups in total. The number of hydrogen-bond acceptors (Lipinski definition) is 4.